The van der Waals surface area contributed by atoms with Crippen LogP contribution in [-0.2, 0) is 11.3 Å². The number of aromatic nitrogens is 2. The highest BCUT2D eigenvalue weighted by Gasteiger charge is 2.35. The van der Waals surface area contributed by atoms with Gasteiger partial charge in [-0.05, 0) is 31.0 Å². The Morgan fingerprint density at radius 3 is 2.62 bits per heavy atom. The van der Waals surface area contributed by atoms with Crippen LogP contribution in [0.4, 0.5) is 0 Å². The zero-order chi connectivity index (χ0) is 21.0. The van der Waals surface area contributed by atoms with Crippen molar-refractivity contribution in [1.82, 2.24) is 14.7 Å². The Kier molecular flexibility index (Phi) is 6.56. The molecule has 0 bridgehead atoms. The summed E-state index contributed by atoms with van der Waals surface area (Å²) in [6.07, 6.45) is 0.679. The van der Waals surface area contributed by atoms with Crippen LogP contribution < -0.4 is 10.5 Å². The first-order chi connectivity index (χ1) is 13.9. The summed E-state index contributed by atoms with van der Waals surface area (Å²) in [4.78, 5) is 26.7. The van der Waals surface area contributed by atoms with Gasteiger partial charge in [0.1, 0.15) is 17.5 Å². The van der Waals surface area contributed by atoms with Crippen molar-refractivity contribution < 1.29 is 14.3 Å². The molecule has 2 N–H and O–H groups in total. The second-order valence-corrected chi connectivity index (χ2v) is 7.86. The SMILES string of the molecule is CCn1nc(C(C)C)cc1C(=O)N1CC[C@H](Oc2ccccc2)[C@@H](CC(N)=O)C1. The summed E-state index contributed by atoms with van der Waals surface area (Å²) in [7, 11) is 0. The molecule has 1 aliphatic heterocycles. The van der Waals surface area contributed by atoms with Gasteiger partial charge in [-0.1, -0.05) is 32.0 Å². The molecule has 1 aromatic heterocycles. The molecule has 2 amide bonds. The number of hydrogen-bond donors (Lipinski definition) is 1. The maximum atomic E-state index is 13.2. The molecule has 0 saturated carbocycles. The zero-order valence-corrected chi connectivity index (χ0v) is 17.4. The maximum Gasteiger partial charge on any atom is 0.272 e. The Bertz CT molecular complexity index is 847. The highest BCUT2D eigenvalue weighted by molar-refractivity contribution is 5.93. The lowest BCUT2D eigenvalue weighted by atomic mass is 9.91. The molecule has 3 rings (SSSR count). The van der Waals surface area contributed by atoms with E-state index in [1.165, 1.54) is 0 Å². The number of nitrogens with zero attached hydrogens (tertiary/aromatic N) is 3. The number of benzene rings is 1. The Morgan fingerprint density at radius 2 is 2.00 bits per heavy atom. The number of rotatable bonds is 7. The Hall–Kier alpha value is -2.83. The van der Waals surface area contributed by atoms with Gasteiger partial charge in [0.05, 0.1) is 5.69 Å². The largest absolute Gasteiger partial charge is 0.490 e. The van der Waals surface area contributed by atoms with Gasteiger partial charge in [-0.3, -0.25) is 14.3 Å². The number of hydrogen-bond acceptors (Lipinski definition) is 4. The number of aryl methyl sites for hydroxylation is 1. The number of piperidine rings is 1. The van der Waals surface area contributed by atoms with Crippen molar-refractivity contribution in [2.24, 2.45) is 11.7 Å². The molecule has 1 saturated heterocycles. The molecule has 2 atom stereocenters. The van der Waals surface area contributed by atoms with Gasteiger partial charge in [-0.15, -0.1) is 0 Å². The molecular weight excluding hydrogens is 368 g/mol. The highest BCUT2D eigenvalue weighted by Crippen LogP contribution is 2.27. The van der Waals surface area contributed by atoms with E-state index in [0.29, 0.717) is 31.7 Å². The highest BCUT2D eigenvalue weighted by atomic mass is 16.5. The summed E-state index contributed by atoms with van der Waals surface area (Å²) in [5, 5.41) is 4.55. The van der Waals surface area contributed by atoms with Gasteiger partial charge in [0, 0.05) is 38.4 Å². The van der Waals surface area contributed by atoms with Crippen LogP contribution in [0, 0.1) is 5.92 Å². The number of carbonyl (C=O) groups is 2. The summed E-state index contributed by atoms with van der Waals surface area (Å²) in [5.74, 6) is 0.429. The third-order valence-corrected chi connectivity index (χ3v) is 5.35. The van der Waals surface area contributed by atoms with E-state index in [0.717, 1.165) is 11.4 Å². The van der Waals surface area contributed by atoms with E-state index in [2.05, 4.69) is 18.9 Å². The number of nitrogens with two attached hydrogens (primary N) is 1. The lowest BCUT2D eigenvalue weighted by Gasteiger charge is -2.38. The second-order valence-electron chi connectivity index (χ2n) is 7.86. The van der Waals surface area contributed by atoms with Crippen LogP contribution in [0.15, 0.2) is 36.4 Å². The van der Waals surface area contributed by atoms with Crippen LogP contribution in [0.1, 0.15) is 55.7 Å². The van der Waals surface area contributed by atoms with E-state index in [1.807, 2.05) is 43.3 Å². The van der Waals surface area contributed by atoms with Crippen molar-refractivity contribution in [3.63, 3.8) is 0 Å². The molecule has 1 aliphatic rings. The van der Waals surface area contributed by atoms with Gasteiger partial charge < -0.3 is 15.4 Å². The van der Waals surface area contributed by atoms with Crippen LogP contribution in [0.3, 0.4) is 0 Å². The first-order valence-electron chi connectivity index (χ1n) is 10.3. The van der Waals surface area contributed by atoms with Crippen molar-refractivity contribution in [3.05, 3.63) is 47.8 Å². The molecule has 0 unspecified atom stereocenters. The molecular formula is C22H30N4O3. The van der Waals surface area contributed by atoms with Gasteiger partial charge in [0.15, 0.2) is 0 Å². The fraction of sp³-hybridized carbons (Fsp3) is 0.500. The first kappa shape index (κ1) is 20.9. The van der Waals surface area contributed by atoms with E-state index in [-0.39, 0.29) is 36.2 Å². The fourth-order valence-electron chi connectivity index (χ4n) is 3.77. The molecule has 2 heterocycles. The van der Waals surface area contributed by atoms with Gasteiger partial charge in [0.2, 0.25) is 5.91 Å². The summed E-state index contributed by atoms with van der Waals surface area (Å²) in [6.45, 7) is 7.73. The number of primary amides is 1. The third-order valence-electron chi connectivity index (χ3n) is 5.35. The first-order valence-corrected chi connectivity index (χ1v) is 10.3. The van der Waals surface area contributed by atoms with E-state index in [9.17, 15) is 9.59 Å². The monoisotopic (exact) mass is 398 g/mol. The van der Waals surface area contributed by atoms with Gasteiger partial charge in [0.25, 0.3) is 5.91 Å². The number of ether oxygens (including phenoxy) is 1. The minimum atomic E-state index is -0.383. The standard InChI is InChI=1S/C22H30N4O3/c1-4-26-19(13-18(24-26)15(2)3)22(28)25-11-10-20(16(14-25)12-21(23)27)29-17-8-6-5-7-9-17/h5-9,13,15-16,20H,4,10-12,14H2,1-3H3,(H2,23,27)/t16-,20-/m0/s1. The lowest BCUT2D eigenvalue weighted by molar-refractivity contribution is -0.120. The molecule has 1 fully saturated rings. The van der Waals surface area contributed by atoms with Crippen molar-refractivity contribution in [3.8, 4) is 5.75 Å². The minimum absolute atomic E-state index is 0.0566. The molecule has 1 aromatic carbocycles. The maximum absolute atomic E-state index is 13.2. The minimum Gasteiger partial charge on any atom is -0.490 e. The summed E-state index contributed by atoms with van der Waals surface area (Å²) < 4.78 is 7.88. The quantitative estimate of drug-likeness (QED) is 0.776. The zero-order valence-electron chi connectivity index (χ0n) is 17.4. The Morgan fingerprint density at radius 1 is 1.28 bits per heavy atom. The third kappa shape index (κ3) is 4.96. The number of para-hydroxylation sites is 1. The molecule has 156 valence electrons. The van der Waals surface area contributed by atoms with Crippen LogP contribution >= 0.6 is 0 Å². The van der Waals surface area contributed by atoms with E-state index < -0.39 is 0 Å². The molecule has 2 aromatic rings. The van der Waals surface area contributed by atoms with Crippen molar-refractivity contribution in [2.45, 2.75) is 52.2 Å². The van der Waals surface area contributed by atoms with E-state index in [4.69, 9.17) is 10.5 Å². The predicted molar refractivity (Wildman–Crippen MR) is 111 cm³/mol. The lowest BCUT2D eigenvalue weighted by Crippen LogP contribution is -2.49. The van der Waals surface area contributed by atoms with E-state index >= 15 is 0 Å². The summed E-state index contributed by atoms with van der Waals surface area (Å²) in [6, 6.07) is 11.4. The van der Waals surface area contributed by atoms with Gasteiger partial charge in [-0.25, -0.2) is 0 Å². The molecule has 7 nitrogen and oxygen atoms in total. The normalized spacial score (nSPS) is 19.4. The predicted octanol–water partition coefficient (Wildman–Crippen LogP) is 2.81. The summed E-state index contributed by atoms with van der Waals surface area (Å²) >= 11 is 0. The van der Waals surface area contributed by atoms with Crippen LogP contribution in [0.5, 0.6) is 5.75 Å². The number of amides is 2. The average molecular weight is 399 g/mol. The van der Waals surface area contributed by atoms with Gasteiger partial charge >= 0.3 is 0 Å². The van der Waals surface area contributed by atoms with Crippen molar-refractivity contribution in [1.29, 1.82) is 0 Å². The van der Waals surface area contributed by atoms with Crippen LogP contribution in [-0.4, -0.2) is 45.7 Å². The molecule has 7 heteroatoms. The second kappa shape index (κ2) is 9.11. The Labute approximate surface area is 171 Å². The molecule has 0 aliphatic carbocycles. The summed E-state index contributed by atoms with van der Waals surface area (Å²) in [5.41, 5.74) is 6.98. The smallest absolute Gasteiger partial charge is 0.272 e. The fourth-order valence-corrected chi connectivity index (χ4v) is 3.77. The van der Waals surface area contributed by atoms with Crippen LogP contribution in [0.25, 0.3) is 0 Å². The van der Waals surface area contributed by atoms with Crippen LogP contribution in [0.2, 0.25) is 0 Å². The number of carbonyl (C=O) groups excluding carboxylic acids is 2. The molecule has 0 spiro atoms. The van der Waals surface area contributed by atoms with Crippen molar-refractivity contribution in [2.75, 3.05) is 13.1 Å². The van der Waals surface area contributed by atoms with Gasteiger partial charge in [-0.2, -0.15) is 5.10 Å². The Balaban J connectivity index is 1.77. The average Bonchev–Trinajstić information content (AvgIpc) is 3.14. The van der Waals surface area contributed by atoms with E-state index in [1.54, 1.807) is 9.58 Å². The number of likely N-dealkylation sites (tertiary alicyclic amines) is 1. The van der Waals surface area contributed by atoms with Crippen molar-refractivity contribution >= 4 is 11.8 Å². The molecule has 0 radical (unpaired) electrons. The topological polar surface area (TPSA) is 90.4 Å². The molecule has 29 heavy (non-hydrogen) atoms.